The highest BCUT2D eigenvalue weighted by molar-refractivity contribution is 8.02. The number of hydrogen-bond acceptors (Lipinski definition) is 11. The largest absolute Gasteiger partial charge is 0.457 e. The number of hydrogen-bond donors (Lipinski definition) is 1. The lowest BCUT2D eigenvalue weighted by Crippen LogP contribution is -2.00. The van der Waals surface area contributed by atoms with Crippen LogP contribution in [0.15, 0.2) is 292 Å². The molecule has 0 aliphatic rings. The van der Waals surface area contributed by atoms with E-state index in [1.54, 1.807) is 70.6 Å². The maximum Gasteiger partial charge on any atom is 0.193 e. The Morgan fingerprint density at radius 1 is 0.268 bits per heavy atom. The van der Waals surface area contributed by atoms with E-state index in [4.69, 9.17) is 4.74 Å². The van der Waals surface area contributed by atoms with E-state index in [0.29, 0.717) is 0 Å². The molecule has 0 fully saturated rings. The molecule has 0 unspecified atom stereocenters. The minimum atomic E-state index is 0.0812. The molecule has 0 amide bonds. The van der Waals surface area contributed by atoms with E-state index in [-0.39, 0.29) is 5.78 Å². The summed E-state index contributed by atoms with van der Waals surface area (Å²) in [6.07, 6.45) is 14.6. The molecule has 0 spiro atoms. The first-order valence-corrected chi connectivity index (χ1v) is 41.6. The molecular formula is C86H98O2S9. The molecule has 11 heteroatoms. The number of benzene rings is 11. The van der Waals surface area contributed by atoms with Gasteiger partial charge in [0.1, 0.15) is 11.5 Å². The number of thiol groups is 1. The first-order valence-electron chi connectivity index (χ1n) is 31.7. The fourth-order valence-electron chi connectivity index (χ4n) is 8.74. The van der Waals surface area contributed by atoms with Gasteiger partial charge in [-0.3, -0.25) is 4.79 Å². The molecule has 0 aliphatic carbocycles. The molecule has 0 atom stereocenters. The molecule has 0 aromatic heterocycles. The number of carbonyl (C=O) groups is 1. The standard InChI is InChI=1S/C15H14OS.C15H16S2.C14H14OS.C10H14S.C9H12S.2C8H10S.C7H8S/c1-11-3-5-12(6-4-11)15(16)13-7-9-14(17-2)10-8-13;1-11-4-7-13(8-5-11)17-15-10-12(2)6-9-14(15)16-3;1-11-3-5-12(6-4-11)15-13-7-9-14(16-2)10-8-13;1-7-5-9(3)10(11-4)6-8(7)2;1-7-4-5-9(10-3)8(2)6-7;1-7-3-5-8(9-2)6-4-7;1-7-4-3-5-8(6-7)9-2;1-6-2-4-7(8)5-3-6/h3-10H,1-2H3;4-10H,1-3H3;3-10H,1-2H3;5-6H,1-4H3;4-6H,1-3H3;2*3-6H,1-2H3;2-5,8H,1H3. The molecule has 508 valence electrons. The van der Waals surface area contributed by atoms with Crippen LogP contribution in [0.2, 0.25) is 0 Å². The minimum absolute atomic E-state index is 0.0812. The van der Waals surface area contributed by atoms with Crippen molar-refractivity contribution in [2.75, 3.05) is 43.8 Å². The van der Waals surface area contributed by atoms with Crippen molar-refractivity contribution in [3.63, 3.8) is 0 Å². The predicted molar refractivity (Wildman–Crippen MR) is 445 cm³/mol. The summed E-state index contributed by atoms with van der Waals surface area (Å²) in [6, 6.07) is 83.1. The maximum atomic E-state index is 12.2. The SMILES string of the molecule is CSc1cc(C)c(C)cc1C.CSc1ccc(C(=O)c2ccc(C)cc2)cc1.CSc1ccc(C)cc1.CSc1ccc(C)cc1C.CSc1ccc(C)cc1Sc1ccc(C)cc1.CSc1ccc(Oc2ccc(C)cc2)cc1.CSc1cccc(C)c1.Cc1ccc(S)cc1. The molecule has 11 rings (SSSR count). The van der Waals surface area contributed by atoms with Gasteiger partial charge in [0.05, 0.1) is 0 Å². The molecule has 11 aromatic carbocycles. The molecule has 0 radical (unpaired) electrons. The molecular weight excluding hydrogens is 1350 g/mol. The third-order valence-electron chi connectivity index (χ3n) is 14.6. The van der Waals surface area contributed by atoms with Crippen molar-refractivity contribution < 1.29 is 9.53 Å². The van der Waals surface area contributed by atoms with E-state index < -0.39 is 0 Å². The maximum absolute atomic E-state index is 12.2. The number of carbonyl (C=O) groups excluding carboxylic acids is 1. The number of ether oxygens (including phenoxy) is 1. The summed E-state index contributed by atoms with van der Waals surface area (Å²) >= 11 is 18.4. The lowest BCUT2D eigenvalue weighted by molar-refractivity contribution is 0.103. The molecule has 2 nitrogen and oxygen atoms in total. The zero-order valence-corrected chi connectivity index (χ0v) is 67.6. The van der Waals surface area contributed by atoms with E-state index in [2.05, 4.69) is 260 Å². The van der Waals surface area contributed by atoms with Crippen LogP contribution in [0.5, 0.6) is 11.5 Å². The average Bonchev–Trinajstić information content (AvgIpc) is 1.03. The van der Waals surface area contributed by atoms with Crippen LogP contribution in [0.25, 0.3) is 0 Å². The van der Waals surface area contributed by atoms with E-state index in [0.717, 1.165) is 27.5 Å². The van der Waals surface area contributed by atoms with Gasteiger partial charge >= 0.3 is 0 Å². The third kappa shape index (κ3) is 32.7. The van der Waals surface area contributed by atoms with Gasteiger partial charge in [-0.1, -0.05) is 160 Å². The smallest absolute Gasteiger partial charge is 0.193 e. The summed E-state index contributed by atoms with van der Waals surface area (Å²) < 4.78 is 5.72. The van der Waals surface area contributed by atoms with Gasteiger partial charge in [-0.05, 0) is 288 Å². The van der Waals surface area contributed by atoms with Crippen LogP contribution in [-0.4, -0.2) is 49.6 Å². The van der Waals surface area contributed by atoms with E-state index in [1.165, 1.54) is 111 Å². The van der Waals surface area contributed by atoms with Crippen molar-refractivity contribution in [3.8, 4) is 11.5 Å². The number of aryl methyl sites for hydroxylation is 12. The summed E-state index contributed by atoms with van der Waals surface area (Å²) in [5.41, 5.74) is 17.4. The Morgan fingerprint density at radius 2 is 0.608 bits per heavy atom. The molecule has 0 aliphatic heterocycles. The van der Waals surface area contributed by atoms with Crippen LogP contribution < -0.4 is 4.74 Å². The topological polar surface area (TPSA) is 26.3 Å². The summed E-state index contributed by atoms with van der Waals surface area (Å²) in [7, 11) is 0. The highest BCUT2D eigenvalue weighted by Crippen LogP contribution is 2.36. The summed E-state index contributed by atoms with van der Waals surface area (Å²) in [5.74, 6) is 1.84. The fraction of sp³-hybridized carbons (Fsp3) is 0.221. The quantitative estimate of drug-likeness (QED) is 0.0683. The summed E-state index contributed by atoms with van der Waals surface area (Å²) in [4.78, 5) is 25.0. The predicted octanol–water partition coefficient (Wildman–Crippen LogP) is 27.7. The Kier molecular flexibility index (Phi) is 39.9. The van der Waals surface area contributed by atoms with Crippen LogP contribution in [0, 0.1) is 83.1 Å². The second-order valence-electron chi connectivity index (χ2n) is 22.8. The zero-order valence-electron chi connectivity index (χ0n) is 60.1. The number of thioether (sulfide) groups is 7. The van der Waals surface area contributed by atoms with Crippen LogP contribution in [0.4, 0.5) is 0 Å². The van der Waals surface area contributed by atoms with Gasteiger partial charge in [0.25, 0.3) is 0 Å². The van der Waals surface area contributed by atoms with Gasteiger partial charge in [-0.15, -0.1) is 95.0 Å². The summed E-state index contributed by atoms with van der Waals surface area (Å²) in [6.45, 7) is 25.4. The Labute approximate surface area is 624 Å². The third-order valence-corrected chi connectivity index (χ3v) is 21.6. The van der Waals surface area contributed by atoms with Gasteiger partial charge < -0.3 is 4.74 Å². The van der Waals surface area contributed by atoms with Crippen molar-refractivity contribution in [2.24, 2.45) is 0 Å². The molecule has 0 saturated carbocycles. The first-order chi connectivity index (χ1) is 46.5. The van der Waals surface area contributed by atoms with E-state index in [1.807, 2.05) is 146 Å². The van der Waals surface area contributed by atoms with Crippen molar-refractivity contribution >= 4 is 113 Å². The van der Waals surface area contributed by atoms with Crippen molar-refractivity contribution in [1.29, 1.82) is 0 Å². The fourth-order valence-corrected chi connectivity index (χ4v) is 13.7. The Hall–Kier alpha value is -5.96. The van der Waals surface area contributed by atoms with Gasteiger partial charge in [0, 0.05) is 60.1 Å². The zero-order chi connectivity index (χ0) is 71.2. The van der Waals surface area contributed by atoms with Crippen LogP contribution >= 0.6 is 107 Å². The highest BCUT2D eigenvalue weighted by Gasteiger charge is 2.09. The van der Waals surface area contributed by atoms with E-state index in [9.17, 15) is 4.79 Å². The monoisotopic (exact) mass is 1450 g/mol. The molecule has 0 bridgehead atoms. The van der Waals surface area contributed by atoms with Crippen molar-refractivity contribution in [1.82, 2.24) is 0 Å². The van der Waals surface area contributed by atoms with Crippen LogP contribution in [0.3, 0.4) is 0 Å². The minimum Gasteiger partial charge on any atom is -0.457 e. The molecule has 11 aromatic rings. The lowest BCUT2D eigenvalue weighted by atomic mass is 10.0. The molecule has 0 N–H and O–H groups in total. The van der Waals surface area contributed by atoms with Crippen molar-refractivity contribution in [3.05, 3.63) is 321 Å². The van der Waals surface area contributed by atoms with Gasteiger partial charge in [-0.25, -0.2) is 0 Å². The second-order valence-corrected chi connectivity index (χ2v) is 30.5. The second kappa shape index (κ2) is 46.4. The normalized spacial score (nSPS) is 10.0. The number of rotatable bonds is 13. The lowest BCUT2D eigenvalue weighted by Gasteiger charge is -2.08. The number of ketones is 1. The Morgan fingerprint density at radius 3 is 1.03 bits per heavy atom. The highest BCUT2D eigenvalue weighted by atomic mass is 32.2. The van der Waals surface area contributed by atoms with Gasteiger partial charge in [0.2, 0.25) is 0 Å². The average molecular weight is 1450 g/mol. The molecule has 0 heterocycles. The summed E-state index contributed by atoms with van der Waals surface area (Å²) in [5, 5.41) is 0. The Bertz CT molecular complexity index is 4020. The van der Waals surface area contributed by atoms with Crippen molar-refractivity contribution in [2.45, 2.75) is 132 Å². The Balaban J connectivity index is 0.000000239. The van der Waals surface area contributed by atoms with E-state index >= 15 is 0 Å². The van der Waals surface area contributed by atoms with Crippen LogP contribution in [-0.2, 0) is 0 Å². The van der Waals surface area contributed by atoms with Gasteiger partial charge in [0.15, 0.2) is 5.78 Å². The first kappa shape index (κ1) is 83.5. The van der Waals surface area contributed by atoms with Crippen LogP contribution in [0.1, 0.15) is 82.7 Å². The molecule has 0 saturated heterocycles. The van der Waals surface area contributed by atoms with Gasteiger partial charge in [-0.2, -0.15) is 0 Å². The molecule has 97 heavy (non-hydrogen) atoms.